The van der Waals surface area contributed by atoms with Gasteiger partial charge in [0.05, 0.1) is 11.7 Å². The number of fused-ring (bicyclic) bond motifs is 2. The van der Waals surface area contributed by atoms with Gasteiger partial charge in [-0.25, -0.2) is 0 Å². The number of piperidine rings is 1. The van der Waals surface area contributed by atoms with Crippen LogP contribution in [0.25, 0.3) is 0 Å². The van der Waals surface area contributed by atoms with Crippen molar-refractivity contribution in [3.63, 3.8) is 0 Å². The second-order valence-electron chi connectivity index (χ2n) is 9.92. The van der Waals surface area contributed by atoms with Gasteiger partial charge in [-0.05, 0) is 67.6 Å². The summed E-state index contributed by atoms with van der Waals surface area (Å²) in [5.41, 5.74) is 3.35. The lowest BCUT2D eigenvalue weighted by Gasteiger charge is -2.34. The first-order valence-electron chi connectivity index (χ1n) is 12.7. The zero-order valence-electron chi connectivity index (χ0n) is 20.5. The molecular weight excluding hydrogens is 471 g/mol. The summed E-state index contributed by atoms with van der Waals surface area (Å²) in [6, 6.07) is 9.29. The normalized spacial score (nSPS) is 21.2. The van der Waals surface area contributed by atoms with Gasteiger partial charge in [-0.3, -0.25) is 0 Å². The minimum absolute atomic E-state index is 0.202. The van der Waals surface area contributed by atoms with E-state index >= 15 is 0 Å². The minimum Gasteiger partial charge on any atom is -0.382 e. The van der Waals surface area contributed by atoms with Crippen LogP contribution < -0.4 is 10.2 Å². The molecule has 0 amide bonds. The van der Waals surface area contributed by atoms with Crippen LogP contribution in [-0.2, 0) is 17.3 Å². The highest BCUT2D eigenvalue weighted by Gasteiger charge is 2.34. The summed E-state index contributed by atoms with van der Waals surface area (Å²) in [6.07, 6.45) is 0.535. The van der Waals surface area contributed by atoms with E-state index in [4.69, 9.17) is 4.74 Å². The Labute approximate surface area is 210 Å². The number of likely N-dealkylation sites (tertiary alicyclic amines) is 1. The van der Waals surface area contributed by atoms with E-state index in [-0.39, 0.29) is 12.1 Å². The lowest BCUT2D eigenvalue weighted by Crippen LogP contribution is -2.39. The number of benzene rings is 2. The molecule has 3 aliphatic rings. The van der Waals surface area contributed by atoms with Gasteiger partial charge in [-0.1, -0.05) is 24.8 Å². The fourth-order valence-corrected chi connectivity index (χ4v) is 6.67. The molecule has 4 nitrogen and oxygen atoms in total. The van der Waals surface area contributed by atoms with Crippen LogP contribution in [0.1, 0.15) is 49.3 Å². The molecule has 8 heteroatoms. The van der Waals surface area contributed by atoms with E-state index in [0.29, 0.717) is 17.0 Å². The molecule has 0 spiro atoms. The number of halogens is 3. The Bertz CT molecular complexity index is 1050. The van der Waals surface area contributed by atoms with Crippen LogP contribution >= 0.6 is 11.8 Å². The molecule has 0 aromatic heterocycles. The van der Waals surface area contributed by atoms with Crippen LogP contribution in [0, 0.1) is 0 Å². The SMILES string of the molecule is CCCN1CCC(Nc2cc(C(F)(F)F)cc3c2Cc2ccc(N4CCC(OC)C4)cc2S3)CC1. The number of methoxy groups -OCH3 is 1. The highest BCUT2D eigenvalue weighted by molar-refractivity contribution is 7.99. The Hall–Kier alpha value is -1.90. The van der Waals surface area contributed by atoms with Gasteiger partial charge in [-0.2, -0.15) is 13.2 Å². The van der Waals surface area contributed by atoms with E-state index < -0.39 is 11.7 Å². The molecule has 0 bridgehead atoms. The molecule has 5 rings (SSSR count). The molecule has 35 heavy (non-hydrogen) atoms. The molecule has 1 unspecified atom stereocenters. The Morgan fingerprint density at radius 1 is 1.06 bits per heavy atom. The van der Waals surface area contributed by atoms with Gasteiger partial charge in [0.25, 0.3) is 0 Å². The third kappa shape index (κ3) is 5.44. The predicted molar refractivity (Wildman–Crippen MR) is 136 cm³/mol. The van der Waals surface area contributed by atoms with Crippen LogP contribution in [0.3, 0.4) is 0 Å². The van der Waals surface area contributed by atoms with Gasteiger partial charge in [0, 0.05) is 66.9 Å². The Balaban J connectivity index is 1.39. The maximum absolute atomic E-state index is 13.8. The summed E-state index contributed by atoms with van der Waals surface area (Å²) < 4.78 is 47.0. The zero-order valence-corrected chi connectivity index (χ0v) is 21.3. The fraction of sp³-hybridized carbons (Fsp3) is 0.556. The Kier molecular flexibility index (Phi) is 7.24. The Morgan fingerprint density at radius 3 is 2.54 bits per heavy atom. The summed E-state index contributed by atoms with van der Waals surface area (Å²) in [5.74, 6) is 0. The summed E-state index contributed by atoms with van der Waals surface area (Å²) in [7, 11) is 1.74. The molecule has 0 aliphatic carbocycles. The number of anilines is 2. The molecule has 2 aromatic rings. The summed E-state index contributed by atoms with van der Waals surface area (Å²) >= 11 is 1.47. The monoisotopic (exact) mass is 505 g/mol. The molecule has 1 N–H and O–H groups in total. The molecule has 2 aromatic carbocycles. The molecule has 1 atom stereocenters. The van der Waals surface area contributed by atoms with Crippen molar-refractivity contribution in [2.24, 2.45) is 0 Å². The van der Waals surface area contributed by atoms with Crippen molar-refractivity contribution in [3.8, 4) is 0 Å². The largest absolute Gasteiger partial charge is 0.416 e. The maximum atomic E-state index is 13.8. The zero-order chi connectivity index (χ0) is 24.6. The second-order valence-corrected chi connectivity index (χ2v) is 11.0. The van der Waals surface area contributed by atoms with Crippen LogP contribution in [0.2, 0.25) is 0 Å². The van der Waals surface area contributed by atoms with Crippen molar-refractivity contribution >= 4 is 23.1 Å². The third-order valence-electron chi connectivity index (χ3n) is 7.50. The highest BCUT2D eigenvalue weighted by Crippen LogP contribution is 2.46. The number of hydrogen-bond donors (Lipinski definition) is 1. The average molecular weight is 506 g/mol. The van der Waals surface area contributed by atoms with Crippen molar-refractivity contribution < 1.29 is 17.9 Å². The number of ether oxygens (including phenoxy) is 1. The number of nitrogens with zero attached hydrogens (tertiary/aromatic N) is 2. The van der Waals surface area contributed by atoms with Crippen LogP contribution in [0.15, 0.2) is 40.1 Å². The first-order valence-corrected chi connectivity index (χ1v) is 13.5. The van der Waals surface area contributed by atoms with Crippen molar-refractivity contribution in [1.29, 1.82) is 0 Å². The van der Waals surface area contributed by atoms with E-state index in [1.54, 1.807) is 7.11 Å². The number of alkyl halides is 3. The van der Waals surface area contributed by atoms with E-state index in [9.17, 15) is 13.2 Å². The van der Waals surface area contributed by atoms with Gasteiger partial charge in [0.1, 0.15) is 0 Å². The lowest BCUT2D eigenvalue weighted by molar-refractivity contribution is -0.137. The van der Waals surface area contributed by atoms with Crippen molar-refractivity contribution in [2.75, 3.05) is 50.1 Å². The molecular formula is C27H34F3N3OS. The maximum Gasteiger partial charge on any atom is 0.416 e. The summed E-state index contributed by atoms with van der Waals surface area (Å²) in [6.45, 7) is 7.03. The smallest absolute Gasteiger partial charge is 0.382 e. The van der Waals surface area contributed by atoms with E-state index in [1.807, 2.05) is 0 Å². The number of nitrogens with one attached hydrogen (secondary N) is 1. The Morgan fingerprint density at radius 2 is 1.86 bits per heavy atom. The van der Waals surface area contributed by atoms with Gasteiger partial charge < -0.3 is 19.9 Å². The second kappa shape index (κ2) is 10.2. The van der Waals surface area contributed by atoms with Crippen molar-refractivity contribution in [1.82, 2.24) is 4.90 Å². The molecule has 2 fully saturated rings. The van der Waals surface area contributed by atoms with E-state index in [1.165, 1.54) is 29.5 Å². The fourth-order valence-electron chi connectivity index (χ4n) is 5.49. The van der Waals surface area contributed by atoms with Crippen molar-refractivity contribution in [2.45, 2.75) is 67.1 Å². The van der Waals surface area contributed by atoms with Crippen LogP contribution in [0.5, 0.6) is 0 Å². The predicted octanol–water partition coefficient (Wildman–Crippen LogP) is 6.27. The molecule has 3 aliphatic heterocycles. The first kappa shape index (κ1) is 24.8. The number of hydrogen-bond acceptors (Lipinski definition) is 5. The van der Waals surface area contributed by atoms with Gasteiger partial charge in [0.15, 0.2) is 0 Å². The van der Waals surface area contributed by atoms with Gasteiger partial charge in [-0.15, -0.1) is 0 Å². The van der Waals surface area contributed by atoms with Gasteiger partial charge >= 0.3 is 6.18 Å². The van der Waals surface area contributed by atoms with Crippen molar-refractivity contribution in [3.05, 3.63) is 47.0 Å². The standard InChI is InChI=1S/C27H34F3N3OS/c1-3-9-32-10-6-20(7-11-32)31-24-14-19(27(28,29)30)15-26-23(24)13-18-4-5-21(16-25(18)35-26)33-12-8-22(17-33)34-2/h4-5,14-16,20,22,31H,3,6-13,17H2,1-2H3. The lowest BCUT2D eigenvalue weighted by atomic mass is 9.98. The molecule has 0 saturated carbocycles. The molecule has 0 radical (unpaired) electrons. The first-order chi connectivity index (χ1) is 16.8. The molecule has 190 valence electrons. The minimum atomic E-state index is -4.37. The van der Waals surface area contributed by atoms with Gasteiger partial charge in [0.2, 0.25) is 0 Å². The highest BCUT2D eigenvalue weighted by atomic mass is 32.2. The van der Waals surface area contributed by atoms with Crippen LogP contribution in [-0.4, -0.2) is 56.9 Å². The van der Waals surface area contributed by atoms with E-state index in [2.05, 4.69) is 40.2 Å². The number of rotatable bonds is 6. The molecule has 3 heterocycles. The van der Waals surface area contributed by atoms with Crippen LogP contribution in [0.4, 0.5) is 24.5 Å². The topological polar surface area (TPSA) is 27.7 Å². The summed E-state index contributed by atoms with van der Waals surface area (Å²) in [4.78, 5) is 6.51. The third-order valence-corrected chi connectivity index (χ3v) is 8.69. The average Bonchev–Trinajstić information content (AvgIpc) is 3.33. The molecule has 2 saturated heterocycles. The quantitative estimate of drug-likeness (QED) is 0.426. The van der Waals surface area contributed by atoms with E-state index in [0.717, 1.165) is 74.6 Å². The summed E-state index contributed by atoms with van der Waals surface area (Å²) in [5, 5.41) is 3.52.